The molecular formula is C21H26ClNO3. The largest absolute Gasteiger partial charge is 0.455 e. The highest BCUT2D eigenvalue weighted by Crippen LogP contribution is 2.60. The van der Waals surface area contributed by atoms with E-state index < -0.39 is 0 Å². The first-order valence-electron chi connectivity index (χ1n) is 9.58. The molecule has 4 aliphatic carbocycles. The van der Waals surface area contributed by atoms with Crippen LogP contribution in [0, 0.1) is 37.0 Å². The van der Waals surface area contributed by atoms with Gasteiger partial charge in [0.2, 0.25) is 0 Å². The minimum absolute atomic E-state index is 0.168. The molecule has 0 spiro atoms. The minimum atomic E-state index is -0.336. The molecule has 4 bridgehead atoms. The lowest BCUT2D eigenvalue weighted by atomic mass is 9.49. The number of esters is 1. The van der Waals surface area contributed by atoms with Gasteiger partial charge in [-0.25, -0.2) is 0 Å². The first-order valence-corrected chi connectivity index (χ1v) is 9.96. The Morgan fingerprint density at radius 3 is 2.23 bits per heavy atom. The summed E-state index contributed by atoms with van der Waals surface area (Å²) in [6, 6.07) is 3.77. The number of halogens is 1. The lowest BCUT2D eigenvalue weighted by Gasteiger charge is -2.55. The maximum atomic E-state index is 12.8. The molecule has 5 rings (SSSR count). The number of nitrogens with one attached hydrogen (secondary N) is 1. The number of ether oxygens (including phenoxy) is 1. The maximum Gasteiger partial charge on any atom is 0.312 e. The van der Waals surface area contributed by atoms with Gasteiger partial charge < -0.3 is 10.1 Å². The van der Waals surface area contributed by atoms with Gasteiger partial charge in [0, 0.05) is 0 Å². The predicted molar refractivity (Wildman–Crippen MR) is 101 cm³/mol. The molecule has 26 heavy (non-hydrogen) atoms. The maximum absolute atomic E-state index is 12.8. The summed E-state index contributed by atoms with van der Waals surface area (Å²) in [5.41, 5.74) is 2.20. The zero-order chi connectivity index (χ0) is 18.5. The molecule has 0 radical (unpaired) electrons. The van der Waals surface area contributed by atoms with E-state index in [-0.39, 0.29) is 23.9 Å². The predicted octanol–water partition coefficient (Wildman–Crippen LogP) is 4.65. The van der Waals surface area contributed by atoms with Crippen LogP contribution in [0.5, 0.6) is 0 Å². The summed E-state index contributed by atoms with van der Waals surface area (Å²) >= 11 is 6.23. The molecule has 4 aliphatic rings. The second-order valence-corrected chi connectivity index (χ2v) is 9.17. The molecule has 0 aromatic heterocycles. The molecule has 140 valence electrons. The van der Waals surface area contributed by atoms with Gasteiger partial charge in [0.15, 0.2) is 6.61 Å². The highest BCUT2D eigenvalue weighted by molar-refractivity contribution is 6.34. The summed E-state index contributed by atoms with van der Waals surface area (Å²) in [5.74, 6) is 1.53. The Kier molecular flexibility index (Phi) is 4.50. The van der Waals surface area contributed by atoms with E-state index in [1.54, 1.807) is 0 Å². The van der Waals surface area contributed by atoms with Crippen LogP contribution in [0.4, 0.5) is 5.69 Å². The van der Waals surface area contributed by atoms with Gasteiger partial charge in [-0.05, 0) is 87.3 Å². The van der Waals surface area contributed by atoms with Crippen LogP contribution >= 0.6 is 11.6 Å². The van der Waals surface area contributed by atoms with Gasteiger partial charge in [-0.3, -0.25) is 9.59 Å². The zero-order valence-corrected chi connectivity index (χ0v) is 16.2. The summed E-state index contributed by atoms with van der Waals surface area (Å²) in [5, 5.41) is 3.29. The van der Waals surface area contributed by atoms with Crippen molar-refractivity contribution in [3.63, 3.8) is 0 Å². The lowest BCUT2D eigenvalue weighted by molar-refractivity contribution is -0.172. The molecule has 1 aromatic carbocycles. The van der Waals surface area contributed by atoms with Gasteiger partial charge in [-0.2, -0.15) is 0 Å². The van der Waals surface area contributed by atoms with Crippen molar-refractivity contribution in [1.82, 2.24) is 0 Å². The molecule has 5 heteroatoms. The van der Waals surface area contributed by atoms with Crippen LogP contribution in [-0.4, -0.2) is 18.5 Å². The molecule has 1 N–H and O–H groups in total. The van der Waals surface area contributed by atoms with Crippen LogP contribution < -0.4 is 5.32 Å². The second-order valence-electron chi connectivity index (χ2n) is 8.76. The summed E-state index contributed by atoms with van der Waals surface area (Å²) < 4.78 is 5.47. The van der Waals surface area contributed by atoms with Crippen LogP contribution in [0.3, 0.4) is 0 Å². The lowest BCUT2D eigenvalue weighted by Crippen LogP contribution is -2.50. The highest BCUT2D eigenvalue weighted by atomic mass is 35.5. The molecule has 4 fully saturated rings. The van der Waals surface area contributed by atoms with E-state index in [1.165, 1.54) is 19.3 Å². The average Bonchev–Trinajstić information content (AvgIpc) is 2.54. The Morgan fingerprint density at radius 2 is 1.69 bits per heavy atom. The van der Waals surface area contributed by atoms with Crippen molar-refractivity contribution < 1.29 is 14.3 Å². The van der Waals surface area contributed by atoms with Crippen LogP contribution in [0.1, 0.15) is 49.7 Å². The van der Waals surface area contributed by atoms with E-state index in [2.05, 4.69) is 5.32 Å². The van der Waals surface area contributed by atoms with Gasteiger partial charge in [0.1, 0.15) is 0 Å². The number of anilines is 1. The van der Waals surface area contributed by atoms with Crippen molar-refractivity contribution >= 4 is 29.2 Å². The Bertz CT molecular complexity index is 699. The van der Waals surface area contributed by atoms with Crippen LogP contribution in [-0.2, 0) is 14.3 Å². The van der Waals surface area contributed by atoms with Gasteiger partial charge >= 0.3 is 5.97 Å². The third-order valence-electron chi connectivity index (χ3n) is 6.50. The third-order valence-corrected chi connectivity index (χ3v) is 6.80. The van der Waals surface area contributed by atoms with E-state index in [0.717, 1.165) is 30.4 Å². The van der Waals surface area contributed by atoms with Crippen LogP contribution in [0.15, 0.2) is 12.1 Å². The van der Waals surface area contributed by atoms with Crippen molar-refractivity contribution in [2.75, 3.05) is 11.9 Å². The Balaban J connectivity index is 1.37. The van der Waals surface area contributed by atoms with E-state index >= 15 is 0 Å². The fourth-order valence-corrected chi connectivity index (χ4v) is 6.26. The monoisotopic (exact) mass is 375 g/mol. The normalized spacial score (nSPS) is 31.7. The summed E-state index contributed by atoms with van der Waals surface area (Å²) in [7, 11) is 0. The molecular weight excluding hydrogens is 350 g/mol. The number of carbonyl (C=O) groups excluding carboxylic acids is 2. The van der Waals surface area contributed by atoms with Crippen molar-refractivity contribution in [2.24, 2.45) is 23.2 Å². The van der Waals surface area contributed by atoms with Crippen LogP contribution in [0.2, 0.25) is 5.02 Å². The van der Waals surface area contributed by atoms with Crippen molar-refractivity contribution in [3.05, 3.63) is 28.3 Å². The summed E-state index contributed by atoms with van der Waals surface area (Å²) in [4.78, 5) is 25.1. The number of hydrogen-bond donors (Lipinski definition) is 1. The molecule has 1 aromatic rings. The zero-order valence-electron chi connectivity index (χ0n) is 15.4. The van der Waals surface area contributed by atoms with Gasteiger partial charge in [-0.15, -0.1) is 0 Å². The number of hydrogen-bond acceptors (Lipinski definition) is 3. The van der Waals surface area contributed by atoms with Crippen molar-refractivity contribution in [1.29, 1.82) is 0 Å². The quantitative estimate of drug-likeness (QED) is 0.779. The molecule has 0 aliphatic heterocycles. The molecule has 1 amide bonds. The number of benzene rings is 1. The molecule has 0 unspecified atom stereocenters. The topological polar surface area (TPSA) is 55.4 Å². The van der Waals surface area contributed by atoms with E-state index in [1.807, 2.05) is 26.0 Å². The van der Waals surface area contributed by atoms with Gasteiger partial charge in [-0.1, -0.05) is 17.7 Å². The standard InChI is InChI=1S/C21H26ClNO3/c1-12-3-13(2)19(17(22)4-12)23-18(24)11-26-20(25)21-8-14-5-15(9-21)7-16(6-14)10-21/h3-4,14-16H,5-11H2,1-2H3,(H,23,24). The Hall–Kier alpha value is -1.55. The fraction of sp³-hybridized carbons (Fsp3) is 0.619. The highest BCUT2D eigenvalue weighted by Gasteiger charge is 2.55. The molecule has 0 saturated heterocycles. The third kappa shape index (κ3) is 3.24. The number of carbonyl (C=O) groups is 2. The van der Waals surface area contributed by atoms with E-state index in [0.29, 0.717) is 28.5 Å². The molecule has 0 heterocycles. The SMILES string of the molecule is Cc1cc(C)c(NC(=O)COC(=O)C23CC4CC(CC(C4)C2)C3)c(Cl)c1. The average molecular weight is 376 g/mol. The summed E-state index contributed by atoms with van der Waals surface area (Å²) in [6.07, 6.45) is 6.67. The van der Waals surface area contributed by atoms with E-state index in [9.17, 15) is 9.59 Å². The van der Waals surface area contributed by atoms with Gasteiger partial charge in [0.05, 0.1) is 16.1 Å². The molecule has 4 saturated carbocycles. The van der Waals surface area contributed by atoms with Crippen molar-refractivity contribution in [2.45, 2.75) is 52.4 Å². The summed E-state index contributed by atoms with van der Waals surface area (Å²) in [6.45, 7) is 3.61. The minimum Gasteiger partial charge on any atom is -0.455 e. The fourth-order valence-electron chi connectivity index (χ4n) is 5.89. The van der Waals surface area contributed by atoms with Crippen molar-refractivity contribution in [3.8, 4) is 0 Å². The van der Waals surface area contributed by atoms with Crippen LogP contribution in [0.25, 0.3) is 0 Å². The Morgan fingerprint density at radius 1 is 1.12 bits per heavy atom. The first kappa shape index (κ1) is 17.8. The van der Waals surface area contributed by atoms with E-state index in [4.69, 9.17) is 16.3 Å². The number of aryl methyl sites for hydroxylation is 2. The smallest absolute Gasteiger partial charge is 0.312 e. The second kappa shape index (κ2) is 6.56. The number of rotatable bonds is 4. The molecule has 0 atom stereocenters. The molecule has 4 nitrogen and oxygen atoms in total. The van der Waals surface area contributed by atoms with Gasteiger partial charge in [0.25, 0.3) is 5.91 Å². The first-order chi connectivity index (χ1) is 12.3. The Labute approximate surface area is 159 Å². The number of amides is 1.